The highest BCUT2D eigenvalue weighted by atomic mass is 16.5. The van der Waals surface area contributed by atoms with Crippen molar-refractivity contribution in [1.82, 2.24) is 0 Å². The van der Waals surface area contributed by atoms with E-state index in [1.807, 2.05) is 6.07 Å². The predicted octanol–water partition coefficient (Wildman–Crippen LogP) is 7.27. The SMILES string of the molecule is CCOC(=O)c1cc2ccc(OCCCCc3ccc4ccc5cccc6ccc3c4c56)cc2oc1=O. The third-order valence-corrected chi connectivity index (χ3v) is 6.93. The third kappa shape index (κ3) is 4.27. The zero-order valence-electron chi connectivity index (χ0n) is 20.6. The Kier molecular flexibility index (Phi) is 5.97. The molecule has 0 atom stereocenters. The van der Waals surface area contributed by atoms with Crippen molar-refractivity contribution in [2.24, 2.45) is 0 Å². The summed E-state index contributed by atoms with van der Waals surface area (Å²) in [4.78, 5) is 24.1. The Labute approximate surface area is 213 Å². The lowest BCUT2D eigenvalue weighted by Crippen LogP contribution is -2.16. The van der Waals surface area contributed by atoms with Gasteiger partial charge in [0.1, 0.15) is 16.9 Å². The smallest absolute Gasteiger partial charge is 0.351 e. The molecule has 0 saturated heterocycles. The molecule has 0 aliphatic carbocycles. The van der Waals surface area contributed by atoms with E-state index in [9.17, 15) is 9.59 Å². The van der Waals surface area contributed by atoms with Gasteiger partial charge in [-0.05, 0) is 82.3 Å². The van der Waals surface area contributed by atoms with Crippen LogP contribution in [-0.4, -0.2) is 19.2 Å². The van der Waals surface area contributed by atoms with Crippen LogP contribution in [-0.2, 0) is 11.2 Å². The van der Waals surface area contributed by atoms with E-state index in [2.05, 4.69) is 54.6 Å². The van der Waals surface area contributed by atoms with Gasteiger partial charge in [0.25, 0.3) is 0 Å². The maximum absolute atomic E-state index is 12.2. The molecular formula is C32H26O5. The molecule has 5 aromatic carbocycles. The molecule has 6 rings (SSSR count). The van der Waals surface area contributed by atoms with Crippen molar-refractivity contribution >= 4 is 49.3 Å². The molecule has 0 bridgehead atoms. The van der Waals surface area contributed by atoms with E-state index in [-0.39, 0.29) is 12.2 Å². The molecule has 1 heterocycles. The van der Waals surface area contributed by atoms with Crippen molar-refractivity contribution in [3.8, 4) is 5.75 Å². The maximum atomic E-state index is 12.2. The fourth-order valence-electron chi connectivity index (χ4n) is 5.15. The molecule has 6 aromatic rings. The standard InChI is InChI=1S/C32H26O5/c1-2-35-31(33)27-18-24-13-15-25(19-28(24)37-32(27)34)36-17-4-3-6-20-9-10-23-12-11-21-7-5-8-22-14-16-26(20)30(23)29(21)22/h5,7-16,18-19H,2-4,6,17H2,1H3. The molecule has 184 valence electrons. The van der Waals surface area contributed by atoms with Gasteiger partial charge in [0, 0.05) is 11.5 Å². The summed E-state index contributed by atoms with van der Waals surface area (Å²) in [6, 6.07) is 26.7. The van der Waals surface area contributed by atoms with Crippen LogP contribution < -0.4 is 10.4 Å². The molecule has 0 aliphatic heterocycles. The quantitative estimate of drug-likeness (QED) is 0.0971. The minimum atomic E-state index is -0.712. The summed E-state index contributed by atoms with van der Waals surface area (Å²) in [5.74, 6) is -0.0505. The average Bonchev–Trinajstić information content (AvgIpc) is 2.91. The molecule has 0 unspecified atom stereocenters. The Hall–Kier alpha value is -4.38. The summed E-state index contributed by atoms with van der Waals surface area (Å²) in [6.07, 6.45) is 2.86. The van der Waals surface area contributed by atoms with E-state index in [0.29, 0.717) is 23.3 Å². The highest BCUT2D eigenvalue weighted by Crippen LogP contribution is 2.36. The summed E-state index contributed by atoms with van der Waals surface area (Å²) in [5.41, 5.74) is 0.922. The number of benzene rings is 5. The van der Waals surface area contributed by atoms with Gasteiger partial charge >= 0.3 is 11.6 Å². The first kappa shape index (κ1) is 23.0. The Balaban J connectivity index is 1.12. The Morgan fingerprint density at radius 1 is 0.811 bits per heavy atom. The van der Waals surface area contributed by atoms with E-state index >= 15 is 0 Å². The molecule has 0 fully saturated rings. The molecule has 37 heavy (non-hydrogen) atoms. The van der Waals surface area contributed by atoms with Crippen molar-refractivity contribution in [1.29, 1.82) is 0 Å². The summed E-state index contributed by atoms with van der Waals surface area (Å²) in [7, 11) is 0. The molecule has 0 spiro atoms. The Morgan fingerprint density at radius 3 is 2.35 bits per heavy atom. The molecule has 0 saturated carbocycles. The number of ether oxygens (including phenoxy) is 2. The van der Waals surface area contributed by atoms with E-state index in [0.717, 1.165) is 19.3 Å². The van der Waals surface area contributed by atoms with Crippen molar-refractivity contribution in [2.45, 2.75) is 26.2 Å². The van der Waals surface area contributed by atoms with Crippen LogP contribution in [0.1, 0.15) is 35.7 Å². The molecule has 0 radical (unpaired) electrons. The molecule has 1 aromatic heterocycles. The zero-order chi connectivity index (χ0) is 25.4. The van der Waals surface area contributed by atoms with E-state index < -0.39 is 11.6 Å². The van der Waals surface area contributed by atoms with Crippen LogP contribution >= 0.6 is 0 Å². The second-order valence-corrected chi connectivity index (χ2v) is 9.25. The number of esters is 1. The van der Waals surface area contributed by atoms with Crippen LogP contribution in [0.5, 0.6) is 5.75 Å². The van der Waals surface area contributed by atoms with Crippen LogP contribution in [0.3, 0.4) is 0 Å². The van der Waals surface area contributed by atoms with Crippen LogP contribution in [0.25, 0.3) is 43.3 Å². The van der Waals surface area contributed by atoms with Gasteiger partial charge in [-0.25, -0.2) is 9.59 Å². The van der Waals surface area contributed by atoms with Gasteiger partial charge < -0.3 is 13.9 Å². The van der Waals surface area contributed by atoms with Crippen LogP contribution in [0.15, 0.2) is 88.1 Å². The van der Waals surface area contributed by atoms with Crippen molar-refractivity contribution < 1.29 is 18.7 Å². The number of hydrogen-bond donors (Lipinski definition) is 0. The van der Waals surface area contributed by atoms with Gasteiger partial charge in [-0.1, -0.05) is 54.6 Å². The first-order chi connectivity index (χ1) is 18.1. The molecular weight excluding hydrogens is 464 g/mol. The minimum Gasteiger partial charge on any atom is -0.493 e. The van der Waals surface area contributed by atoms with E-state index in [1.54, 1.807) is 19.1 Å². The van der Waals surface area contributed by atoms with Gasteiger partial charge in [-0.2, -0.15) is 0 Å². The minimum absolute atomic E-state index is 0.102. The van der Waals surface area contributed by atoms with E-state index in [1.165, 1.54) is 43.9 Å². The predicted molar refractivity (Wildman–Crippen MR) is 147 cm³/mol. The average molecular weight is 491 g/mol. The molecule has 0 N–H and O–H groups in total. The lowest BCUT2D eigenvalue weighted by Gasteiger charge is -2.14. The second-order valence-electron chi connectivity index (χ2n) is 9.25. The number of unbranched alkanes of at least 4 members (excludes halogenated alkanes) is 1. The zero-order valence-corrected chi connectivity index (χ0v) is 20.6. The number of carbonyl (C=O) groups excluding carboxylic acids is 1. The lowest BCUT2D eigenvalue weighted by atomic mass is 9.91. The van der Waals surface area contributed by atoms with Gasteiger partial charge in [0.15, 0.2) is 0 Å². The summed E-state index contributed by atoms with van der Waals surface area (Å²) in [5, 5.41) is 8.52. The number of fused-ring (bicyclic) bond motifs is 1. The second kappa shape index (κ2) is 9.58. The highest BCUT2D eigenvalue weighted by Gasteiger charge is 2.15. The fourth-order valence-corrected chi connectivity index (χ4v) is 5.15. The topological polar surface area (TPSA) is 65.7 Å². The first-order valence-corrected chi connectivity index (χ1v) is 12.7. The van der Waals surface area contributed by atoms with Gasteiger partial charge in [-0.3, -0.25) is 0 Å². The Morgan fingerprint density at radius 2 is 1.54 bits per heavy atom. The largest absolute Gasteiger partial charge is 0.493 e. The normalized spacial score (nSPS) is 11.6. The van der Waals surface area contributed by atoms with Crippen molar-refractivity contribution in [3.05, 3.63) is 100 Å². The Bertz CT molecular complexity index is 1800. The lowest BCUT2D eigenvalue weighted by molar-refractivity contribution is 0.0522. The first-order valence-electron chi connectivity index (χ1n) is 12.7. The molecule has 0 aliphatic rings. The van der Waals surface area contributed by atoms with Crippen LogP contribution in [0.2, 0.25) is 0 Å². The highest BCUT2D eigenvalue weighted by molar-refractivity contribution is 6.23. The number of hydrogen-bond acceptors (Lipinski definition) is 5. The summed E-state index contributed by atoms with van der Waals surface area (Å²) >= 11 is 0. The van der Waals surface area contributed by atoms with Crippen molar-refractivity contribution in [3.63, 3.8) is 0 Å². The number of carbonyl (C=O) groups is 1. The molecule has 5 heteroatoms. The van der Waals surface area contributed by atoms with Gasteiger partial charge in [0.05, 0.1) is 13.2 Å². The number of rotatable bonds is 8. The monoisotopic (exact) mass is 490 g/mol. The number of aryl methyl sites for hydroxylation is 1. The molecule has 5 nitrogen and oxygen atoms in total. The molecule has 0 amide bonds. The van der Waals surface area contributed by atoms with Crippen molar-refractivity contribution in [2.75, 3.05) is 13.2 Å². The maximum Gasteiger partial charge on any atom is 0.351 e. The third-order valence-electron chi connectivity index (χ3n) is 6.93. The fraction of sp³-hybridized carbons (Fsp3) is 0.188. The van der Waals surface area contributed by atoms with Crippen LogP contribution in [0.4, 0.5) is 0 Å². The summed E-state index contributed by atoms with van der Waals surface area (Å²) in [6.45, 7) is 2.44. The van der Waals surface area contributed by atoms with Gasteiger partial charge in [0.2, 0.25) is 0 Å². The summed E-state index contributed by atoms with van der Waals surface area (Å²) < 4.78 is 16.2. The van der Waals surface area contributed by atoms with Gasteiger partial charge in [-0.15, -0.1) is 0 Å². The van der Waals surface area contributed by atoms with E-state index in [4.69, 9.17) is 13.9 Å². The van der Waals surface area contributed by atoms with Crippen LogP contribution in [0, 0.1) is 0 Å².